The van der Waals surface area contributed by atoms with Gasteiger partial charge in [0.05, 0.1) is 12.7 Å². The maximum atomic E-state index is 11.4. The van der Waals surface area contributed by atoms with Crippen molar-refractivity contribution >= 4 is 5.78 Å². The van der Waals surface area contributed by atoms with Crippen molar-refractivity contribution in [3.8, 4) is 0 Å². The van der Waals surface area contributed by atoms with E-state index in [-0.39, 0.29) is 0 Å². The zero-order valence-electron chi connectivity index (χ0n) is 12.4. The highest BCUT2D eigenvalue weighted by Crippen LogP contribution is 2.21. The Balaban J connectivity index is 1.91. The molecule has 2 heterocycles. The van der Waals surface area contributed by atoms with Crippen molar-refractivity contribution in [2.24, 2.45) is 0 Å². The molecule has 2 aliphatic rings. The SMILES string of the molecule is CC(=O)CC1CCCCCN1CC1CN(C)CCO1. The number of Topliss-reactive ketones (excluding diaryl/α,β-unsaturated/α-hetero) is 1. The Morgan fingerprint density at radius 1 is 1.26 bits per heavy atom. The summed E-state index contributed by atoms with van der Waals surface area (Å²) >= 11 is 0. The van der Waals surface area contributed by atoms with Crippen LogP contribution in [0.15, 0.2) is 0 Å². The summed E-state index contributed by atoms with van der Waals surface area (Å²) in [5.74, 6) is 0.318. The summed E-state index contributed by atoms with van der Waals surface area (Å²) in [4.78, 5) is 16.3. The van der Waals surface area contributed by atoms with Gasteiger partial charge in [0.2, 0.25) is 0 Å². The fraction of sp³-hybridized carbons (Fsp3) is 0.933. The van der Waals surface area contributed by atoms with Gasteiger partial charge in [-0.05, 0) is 33.4 Å². The second-order valence-electron chi connectivity index (χ2n) is 6.16. The largest absolute Gasteiger partial charge is 0.374 e. The second-order valence-corrected chi connectivity index (χ2v) is 6.16. The van der Waals surface area contributed by atoms with Crippen LogP contribution in [0, 0.1) is 0 Å². The number of ether oxygens (including phenoxy) is 1. The van der Waals surface area contributed by atoms with E-state index < -0.39 is 0 Å². The molecular formula is C15H28N2O2. The molecule has 2 unspecified atom stereocenters. The lowest BCUT2D eigenvalue weighted by Gasteiger charge is -2.36. The van der Waals surface area contributed by atoms with Gasteiger partial charge in [-0.1, -0.05) is 12.8 Å². The molecule has 0 N–H and O–H groups in total. The quantitative estimate of drug-likeness (QED) is 0.774. The molecule has 0 amide bonds. The van der Waals surface area contributed by atoms with E-state index in [9.17, 15) is 4.79 Å². The minimum absolute atomic E-state index is 0.311. The van der Waals surface area contributed by atoms with Crippen LogP contribution in [-0.2, 0) is 9.53 Å². The number of hydrogen-bond donors (Lipinski definition) is 0. The summed E-state index contributed by atoms with van der Waals surface area (Å²) in [7, 11) is 2.16. The molecule has 2 saturated heterocycles. The van der Waals surface area contributed by atoms with E-state index >= 15 is 0 Å². The lowest BCUT2D eigenvalue weighted by Crippen LogP contribution is -2.48. The first-order valence-electron chi connectivity index (χ1n) is 7.69. The molecule has 0 aromatic carbocycles. The first kappa shape index (κ1) is 14.9. The van der Waals surface area contributed by atoms with E-state index in [1.54, 1.807) is 6.92 Å². The standard InChI is InChI=1S/C15H28N2O2/c1-13(18)10-14-6-4-3-5-7-17(14)12-15-11-16(2)8-9-19-15/h14-15H,3-12H2,1-2H3. The summed E-state index contributed by atoms with van der Waals surface area (Å²) in [5, 5.41) is 0. The van der Waals surface area contributed by atoms with Gasteiger partial charge in [0, 0.05) is 32.1 Å². The topological polar surface area (TPSA) is 32.8 Å². The van der Waals surface area contributed by atoms with E-state index in [1.807, 2.05) is 0 Å². The molecule has 4 heteroatoms. The van der Waals surface area contributed by atoms with Gasteiger partial charge in [-0.25, -0.2) is 0 Å². The Morgan fingerprint density at radius 2 is 2.11 bits per heavy atom. The molecule has 0 radical (unpaired) electrons. The predicted octanol–water partition coefficient (Wildman–Crippen LogP) is 1.54. The summed E-state index contributed by atoms with van der Waals surface area (Å²) in [5.41, 5.74) is 0. The van der Waals surface area contributed by atoms with Gasteiger partial charge in [-0.2, -0.15) is 0 Å². The van der Waals surface area contributed by atoms with Crippen LogP contribution >= 0.6 is 0 Å². The van der Waals surface area contributed by atoms with Crippen LogP contribution in [0.3, 0.4) is 0 Å². The van der Waals surface area contributed by atoms with E-state index in [0.717, 1.165) is 32.8 Å². The van der Waals surface area contributed by atoms with Crippen molar-refractivity contribution in [2.75, 3.05) is 39.8 Å². The molecule has 2 atom stereocenters. The van der Waals surface area contributed by atoms with Crippen LogP contribution in [0.2, 0.25) is 0 Å². The Bertz CT molecular complexity index is 296. The minimum Gasteiger partial charge on any atom is -0.374 e. The maximum Gasteiger partial charge on any atom is 0.131 e. The van der Waals surface area contributed by atoms with Crippen molar-refractivity contribution in [2.45, 2.75) is 51.2 Å². The molecule has 0 saturated carbocycles. The Hall–Kier alpha value is -0.450. The van der Waals surface area contributed by atoms with Crippen LogP contribution in [-0.4, -0.2) is 67.6 Å². The number of morpholine rings is 1. The third kappa shape index (κ3) is 4.86. The van der Waals surface area contributed by atoms with Gasteiger partial charge < -0.3 is 9.64 Å². The zero-order chi connectivity index (χ0) is 13.7. The van der Waals surface area contributed by atoms with Crippen molar-refractivity contribution in [1.29, 1.82) is 0 Å². The first-order chi connectivity index (χ1) is 9.15. The molecule has 110 valence electrons. The highest BCUT2D eigenvalue weighted by atomic mass is 16.5. The number of rotatable bonds is 4. The Labute approximate surface area is 117 Å². The second kappa shape index (κ2) is 7.36. The van der Waals surface area contributed by atoms with E-state index in [1.165, 1.54) is 25.7 Å². The molecule has 19 heavy (non-hydrogen) atoms. The third-order valence-electron chi connectivity index (χ3n) is 4.30. The Morgan fingerprint density at radius 3 is 2.84 bits per heavy atom. The average Bonchev–Trinajstić information content (AvgIpc) is 2.55. The normalized spacial score (nSPS) is 31.1. The summed E-state index contributed by atoms with van der Waals surface area (Å²) in [6.07, 6.45) is 6.02. The number of carbonyl (C=O) groups excluding carboxylic acids is 1. The monoisotopic (exact) mass is 268 g/mol. The van der Waals surface area contributed by atoms with Crippen LogP contribution in [0.1, 0.15) is 39.0 Å². The number of carbonyl (C=O) groups is 1. The van der Waals surface area contributed by atoms with Crippen LogP contribution in [0.25, 0.3) is 0 Å². The molecule has 0 aromatic heterocycles. The predicted molar refractivity (Wildman–Crippen MR) is 76.4 cm³/mol. The van der Waals surface area contributed by atoms with Crippen LogP contribution in [0.4, 0.5) is 0 Å². The van der Waals surface area contributed by atoms with Crippen molar-refractivity contribution < 1.29 is 9.53 Å². The molecule has 2 aliphatic heterocycles. The molecule has 2 rings (SSSR count). The number of nitrogens with zero attached hydrogens (tertiary/aromatic N) is 2. The van der Waals surface area contributed by atoms with Gasteiger partial charge in [-0.3, -0.25) is 9.69 Å². The fourth-order valence-corrected chi connectivity index (χ4v) is 3.28. The number of likely N-dealkylation sites (N-methyl/N-ethyl adjacent to an activating group) is 1. The molecule has 0 aromatic rings. The van der Waals surface area contributed by atoms with Crippen molar-refractivity contribution in [3.05, 3.63) is 0 Å². The van der Waals surface area contributed by atoms with Gasteiger partial charge in [0.15, 0.2) is 0 Å². The molecular weight excluding hydrogens is 240 g/mol. The van der Waals surface area contributed by atoms with E-state index in [4.69, 9.17) is 4.74 Å². The third-order valence-corrected chi connectivity index (χ3v) is 4.30. The molecule has 4 nitrogen and oxygen atoms in total. The molecule has 0 aliphatic carbocycles. The smallest absolute Gasteiger partial charge is 0.131 e. The van der Waals surface area contributed by atoms with Gasteiger partial charge in [-0.15, -0.1) is 0 Å². The lowest BCUT2D eigenvalue weighted by molar-refractivity contribution is -0.118. The van der Waals surface area contributed by atoms with E-state index in [2.05, 4.69) is 16.8 Å². The van der Waals surface area contributed by atoms with Crippen molar-refractivity contribution in [3.63, 3.8) is 0 Å². The van der Waals surface area contributed by atoms with Gasteiger partial charge in [0.25, 0.3) is 0 Å². The highest BCUT2D eigenvalue weighted by molar-refractivity contribution is 5.76. The fourth-order valence-electron chi connectivity index (χ4n) is 3.28. The Kier molecular flexibility index (Phi) is 5.79. The molecule has 2 fully saturated rings. The van der Waals surface area contributed by atoms with E-state index in [0.29, 0.717) is 24.3 Å². The summed E-state index contributed by atoms with van der Waals surface area (Å²) in [6, 6.07) is 0.441. The average molecular weight is 268 g/mol. The van der Waals surface area contributed by atoms with Gasteiger partial charge >= 0.3 is 0 Å². The molecule has 0 bridgehead atoms. The number of hydrogen-bond acceptors (Lipinski definition) is 4. The molecule has 0 spiro atoms. The summed E-state index contributed by atoms with van der Waals surface area (Å²) < 4.78 is 5.88. The maximum absolute atomic E-state index is 11.4. The lowest BCUT2D eigenvalue weighted by atomic mass is 10.0. The minimum atomic E-state index is 0.311. The first-order valence-corrected chi connectivity index (χ1v) is 7.69. The van der Waals surface area contributed by atoms with Crippen LogP contribution in [0.5, 0.6) is 0 Å². The number of likely N-dealkylation sites (tertiary alicyclic amines) is 1. The van der Waals surface area contributed by atoms with Gasteiger partial charge in [0.1, 0.15) is 5.78 Å². The highest BCUT2D eigenvalue weighted by Gasteiger charge is 2.27. The summed E-state index contributed by atoms with van der Waals surface area (Å²) in [6.45, 7) is 6.72. The zero-order valence-corrected chi connectivity index (χ0v) is 12.4. The number of ketones is 1. The van der Waals surface area contributed by atoms with Crippen molar-refractivity contribution in [1.82, 2.24) is 9.80 Å². The van der Waals surface area contributed by atoms with Crippen LogP contribution < -0.4 is 0 Å².